The van der Waals surface area contributed by atoms with Crippen LogP contribution in [0.2, 0.25) is 0 Å². The third-order valence-corrected chi connectivity index (χ3v) is 4.91. The fourth-order valence-corrected chi connectivity index (χ4v) is 2.90. The molecule has 1 nitrogen and oxygen atoms in total. The highest BCUT2D eigenvalue weighted by Crippen LogP contribution is 2.17. The number of hydrogen-bond acceptors (Lipinski definition) is 1. The van der Waals surface area contributed by atoms with E-state index in [2.05, 4.69) is 20.8 Å². The van der Waals surface area contributed by atoms with E-state index in [9.17, 15) is 0 Å². The highest BCUT2D eigenvalue weighted by atomic mass is 14.7. The summed E-state index contributed by atoms with van der Waals surface area (Å²) in [5.74, 6) is 0. The first-order valence-electron chi connectivity index (χ1n) is 9.91. The Morgan fingerprint density at radius 1 is 0.571 bits per heavy atom. The molecule has 0 aliphatic carbocycles. The zero-order valence-corrected chi connectivity index (χ0v) is 15.4. The fourth-order valence-electron chi connectivity index (χ4n) is 2.90. The van der Waals surface area contributed by atoms with Gasteiger partial charge in [0.25, 0.3) is 0 Å². The van der Waals surface area contributed by atoms with E-state index in [-0.39, 0.29) is 5.54 Å². The van der Waals surface area contributed by atoms with E-state index in [1.54, 1.807) is 0 Å². The molecule has 2 N–H and O–H groups in total. The lowest BCUT2D eigenvalue weighted by Gasteiger charge is -2.22. The highest BCUT2D eigenvalue weighted by Gasteiger charge is 2.13. The summed E-state index contributed by atoms with van der Waals surface area (Å²) in [5.41, 5.74) is 6.24. The van der Waals surface area contributed by atoms with Crippen LogP contribution in [-0.4, -0.2) is 5.54 Å². The first kappa shape index (κ1) is 21.0. The molecule has 0 saturated carbocycles. The average Bonchev–Trinajstić information content (AvgIpc) is 2.47. The van der Waals surface area contributed by atoms with Gasteiger partial charge in [0.2, 0.25) is 0 Å². The highest BCUT2D eigenvalue weighted by molar-refractivity contribution is 4.75. The molecule has 0 rings (SSSR count). The maximum Gasteiger partial charge on any atom is 0.0123 e. The van der Waals surface area contributed by atoms with Gasteiger partial charge < -0.3 is 5.73 Å². The van der Waals surface area contributed by atoms with Crippen LogP contribution in [0.1, 0.15) is 124 Å². The minimum Gasteiger partial charge on any atom is -0.325 e. The van der Waals surface area contributed by atoms with Crippen LogP contribution in [0.15, 0.2) is 0 Å². The van der Waals surface area contributed by atoms with Crippen molar-refractivity contribution in [3.05, 3.63) is 0 Å². The average molecular weight is 298 g/mol. The Hall–Kier alpha value is -0.0400. The Bertz CT molecular complexity index is 198. The maximum absolute atomic E-state index is 6.16. The molecule has 0 aliphatic heterocycles. The second-order valence-corrected chi connectivity index (χ2v) is 7.35. The lowest BCUT2D eigenvalue weighted by atomic mass is 9.92. The lowest BCUT2D eigenvalue weighted by molar-refractivity contribution is 0.394. The molecule has 128 valence electrons. The van der Waals surface area contributed by atoms with Crippen molar-refractivity contribution in [1.82, 2.24) is 0 Å². The molecule has 1 atom stereocenters. The van der Waals surface area contributed by atoms with Gasteiger partial charge in [-0.25, -0.2) is 0 Å². The van der Waals surface area contributed by atoms with Crippen LogP contribution in [-0.2, 0) is 0 Å². The van der Waals surface area contributed by atoms with Crippen molar-refractivity contribution in [2.24, 2.45) is 5.73 Å². The molecule has 0 saturated heterocycles. The number of unbranched alkanes of at least 4 members (excludes halogenated alkanes) is 13. The van der Waals surface area contributed by atoms with Gasteiger partial charge in [0.1, 0.15) is 0 Å². The molecular formula is C20H43N. The molecule has 21 heavy (non-hydrogen) atoms. The third-order valence-electron chi connectivity index (χ3n) is 4.91. The fraction of sp³-hybridized carbons (Fsp3) is 1.00. The minimum absolute atomic E-state index is 0.0805. The van der Waals surface area contributed by atoms with E-state index in [0.29, 0.717) is 0 Å². The molecule has 0 fully saturated rings. The monoisotopic (exact) mass is 297 g/mol. The molecule has 1 heteroatoms. The Morgan fingerprint density at radius 2 is 0.905 bits per heavy atom. The molecule has 0 bridgehead atoms. The Kier molecular flexibility index (Phi) is 14.9. The summed E-state index contributed by atoms with van der Waals surface area (Å²) in [7, 11) is 0. The van der Waals surface area contributed by atoms with Gasteiger partial charge >= 0.3 is 0 Å². The molecule has 0 aromatic carbocycles. The maximum atomic E-state index is 6.16. The predicted octanol–water partition coefficient (Wildman–Crippen LogP) is 6.99. The molecule has 0 spiro atoms. The van der Waals surface area contributed by atoms with E-state index in [0.717, 1.165) is 6.42 Å². The van der Waals surface area contributed by atoms with Crippen molar-refractivity contribution in [1.29, 1.82) is 0 Å². The topological polar surface area (TPSA) is 26.0 Å². The molecule has 0 heterocycles. The summed E-state index contributed by atoms with van der Waals surface area (Å²) in [6, 6.07) is 0. The Balaban J connectivity index is 3.06. The molecule has 0 amide bonds. The van der Waals surface area contributed by atoms with Crippen molar-refractivity contribution in [3.63, 3.8) is 0 Å². The SMILES string of the molecule is CCCCCCCCCCCCCCCCC(C)(N)CC. The van der Waals surface area contributed by atoms with Crippen LogP contribution in [0.3, 0.4) is 0 Å². The zero-order valence-electron chi connectivity index (χ0n) is 15.4. The predicted molar refractivity (Wildman–Crippen MR) is 97.8 cm³/mol. The molecule has 0 aliphatic rings. The van der Waals surface area contributed by atoms with E-state index in [1.807, 2.05) is 0 Å². The molecule has 0 aromatic rings. The normalized spacial score (nSPS) is 14.3. The summed E-state index contributed by atoms with van der Waals surface area (Å²) < 4.78 is 0. The number of nitrogens with two attached hydrogens (primary N) is 1. The minimum atomic E-state index is 0.0805. The summed E-state index contributed by atoms with van der Waals surface area (Å²) in [6.07, 6.45) is 22.3. The summed E-state index contributed by atoms with van der Waals surface area (Å²) in [4.78, 5) is 0. The molecule has 1 unspecified atom stereocenters. The molecule has 0 radical (unpaired) electrons. The smallest absolute Gasteiger partial charge is 0.0123 e. The molecular weight excluding hydrogens is 254 g/mol. The van der Waals surface area contributed by atoms with Gasteiger partial charge in [-0.3, -0.25) is 0 Å². The van der Waals surface area contributed by atoms with E-state index < -0.39 is 0 Å². The quantitative estimate of drug-likeness (QED) is 0.305. The number of rotatable bonds is 16. The van der Waals surface area contributed by atoms with E-state index in [1.165, 1.54) is 96.3 Å². The van der Waals surface area contributed by atoms with Crippen LogP contribution in [0, 0.1) is 0 Å². The standard InChI is InChI=1S/C20H43N/c1-4-6-7-8-9-10-11-12-13-14-15-16-17-18-19-20(3,21)5-2/h4-19,21H2,1-3H3. The zero-order chi connectivity index (χ0) is 15.8. The van der Waals surface area contributed by atoms with Crippen molar-refractivity contribution >= 4 is 0 Å². The van der Waals surface area contributed by atoms with Crippen LogP contribution in [0.4, 0.5) is 0 Å². The van der Waals surface area contributed by atoms with Crippen LogP contribution in [0.5, 0.6) is 0 Å². The van der Waals surface area contributed by atoms with Gasteiger partial charge in [-0.1, -0.05) is 104 Å². The largest absolute Gasteiger partial charge is 0.325 e. The first-order valence-corrected chi connectivity index (χ1v) is 9.91. The van der Waals surface area contributed by atoms with Crippen molar-refractivity contribution in [3.8, 4) is 0 Å². The number of hydrogen-bond donors (Lipinski definition) is 1. The van der Waals surface area contributed by atoms with E-state index in [4.69, 9.17) is 5.73 Å². The van der Waals surface area contributed by atoms with Gasteiger partial charge in [-0.15, -0.1) is 0 Å². The Labute approximate surface area is 135 Å². The molecule has 0 aromatic heterocycles. The second-order valence-electron chi connectivity index (χ2n) is 7.35. The van der Waals surface area contributed by atoms with Crippen molar-refractivity contribution in [2.45, 2.75) is 129 Å². The van der Waals surface area contributed by atoms with Gasteiger partial charge in [-0.05, 0) is 19.8 Å². The summed E-state index contributed by atoms with van der Waals surface area (Å²) >= 11 is 0. The van der Waals surface area contributed by atoms with Gasteiger partial charge in [-0.2, -0.15) is 0 Å². The van der Waals surface area contributed by atoms with Crippen molar-refractivity contribution < 1.29 is 0 Å². The first-order chi connectivity index (χ1) is 10.1. The summed E-state index contributed by atoms with van der Waals surface area (Å²) in [6.45, 7) is 6.68. The van der Waals surface area contributed by atoms with Gasteiger partial charge in [0.15, 0.2) is 0 Å². The van der Waals surface area contributed by atoms with Crippen molar-refractivity contribution in [2.75, 3.05) is 0 Å². The van der Waals surface area contributed by atoms with Crippen LogP contribution >= 0.6 is 0 Å². The van der Waals surface area contributed by atoms with Crippen LogP contribution < -0.4 is 5.73 Å². The Morgan fingerprint density at radius 3 is 1.24 bits per heavy atom. The van der Waals surface area contributed by atoms with Crippen LogP contribution in [0.25, 0.3) is 0 Å². The van der Waals surface area contributed by atoms with Gasteiger partial charge in [0, 0.05) is 5.54 Å². The third kappa shape index (κ3) is 16.2. The summed E-state index contributed by atoms with van der Waals surface area (Å²) in [5, 5.41) is 0. The second kappa shape index (κ2) is 14.9. The van der Waals surface area contributed by atoms with Gasteiger partial charge in [0.05, 0.1) is 0 Å². The van der Waals surface area contributed by atoms with E-state index >= 15 is 0 Å². The lowest BCUT2D eigenvalue weighted by Crippen LogP contribution is -2.34.